The van der Waals surface area contributed by atoms with Crippen molar-refractivity contribution in [2.24, 2.45) is 0 Å². The standard InChI is InChI=1S/C18H22FNO/c1-3-12-20-17(14-8-10-16(19)11-9-14)13-15-6-4-5-7-18(15)21-2/h4-11,17,20H,3,12-13H2,1-2H3. The predicted molar refractivity (Wildman–Crippen MR) is 84.1 cm³/mol. The Morgan fingerprint density at radius 1 is 1.10 bits per heavy atom. The molecular weight excluding hydrogens is 265 g/mol. The van der Waals surface area contributed by atoms with Gasteiger partial charge in [0.25, 0.3) is 0 Å². The largest absolute Gasteiger partial charge is 0.496 e. The van der Waals surface area contributed by atoms with Crippen molar-refractivity contribution in [2.75, 3.05) is 13.7 Å². The minimum Gasteiger partial charge on any atom is -0.496 e. The first-order valence-electron chi connectivity index (χ1n) is 7.35. The van der Waals surface area contributed by atoms with Gasteiger partial charge in [0.1, 0.15) is 11.6 Å². The van der Waals surface area contributed by atoms with Gasteiger partial charge in [0, 0.05) is 6.04 Å². The van der Waals surface area contributed by atoms with Gasteiger partial charge in [-0.1, -0.05) is 37.3 Å². The van der Waals surface area contributed by atoms with Crippen molar-refractivity contribution in [3.8, 4) is 5.75 Å². The molecule has 0 aromatic heterocycles. The second-order valence-corrected chi connectivity index (χ2v) is 5.07. The minimum absolute atomic E-state index is 0.154. The number of para-hydroxylation sites is 1. The molecular formula is C18H22FNO. The average molecular weight is 287 g/mol. The van der Waals surface area contributed by atoms with Crippen LogP contribution in [0.5, 0.6) is 5.75 Å². The van der Waals surface area contributed by atoms with E-state index in [1.165, 1.54) is 12.1 Å². The molecule has 3 heteroatoms. The summed E-state index contributed by atoms with van der Waals surface area (Å²) in [4.78, 5) is 0. The molecule has 0 aliphatic heterocycles. The molecule has 0 aliphatic carbocycles. The molecule has 2 nitrogen and oxygen atoms in total. The third-order valence-corrected chi connectivity index (χ3v) is 3.53. The van der Waals surface area contributed by atoms with Gasteiger partial charge in [0.15, 0.2) is 0 Å². The molecule has 112 valence electrons. The van der Waals surface area contributed by atoms with Gasteiger partial charge in [-0.05, 0) is 48.7 Å². The van der Waals surface area contributed by atoms with Crippen LogP contribution in [0.4, 0.5) is 4.39 Å². The SMILES string of the molecule is CCCNC(Cc1ccccc1OC)c1ccc(F)cc1. The topological polar surface area (TPSA) is 21.3 Å². The molecule has 1 unspecified atom stereocenters. The van der Waals surface area contributed by atoms with Crippen molar-refractivity contribution < 1.29 is 9.13 Å². The first kappa shape index (κ1) is 15.5. The van der Waals surface area contributed by atoms with E-state index in [2.05, 4.69) is 18.3 Å². The maximum atomic E-state index is 13.1. The van der Waals surface area contributed by atoms with Crippen LogP contribution in [0.15, 0.2) is 48.5 Å². The highest BCUT2D eigenvalue weighted by Gasteiger charge is 2.14. The van der Waals surface area contributed by atoms with Gasteiger partial charge in [-0.2, -0.15) is 0 Å². The van der Waals surface area contributed by atoms with E-state index in [-0.39, 0.29) is 11.9 Å². The maximum Gasteiger partial charge on any atom is 0.123 e. The smallest absolute Gasteiger partial charge is 0.123 e. The molecule has 0 radical (unpaired) electrons. The van der Waals surface area contributed by atoms with Gasteiger partial charge in [0.05, 0.1) is 7.11 Å². The second-order valence-electron chi connectivity index (χ2n) is 5.07. The van der Waals surface area contributed by atoms with Gasteiger partial charge in [-0.3, -0.25) is 0 Å². The van der Waals surface area contributed by atoms with E-state index in [1.54, 1.807) is 7.11 Å². The lowest BCUT2D eigenvalue weighted by atomic mass is 9.98. The van der Waals surface area contributed by atoms with Crippen LogP contribution >= 0.6 is 0 Å². The number of hydrogen-bond donors (Lipinski definition) is 1. The zero-order chi connectivity index (χ0) is 15.1. The quantitative estimate of drug-likeness (QED) is 0.827. The monoisotopic (exact) mass is 287 g/mol. The lowest BCUT2D eigenvalue weighted by Crippen LogP contribution is -2.24. The van der Waals surface area contributed by atoms with Gasteiger partial charge in [-0.25, -0.2) is 4.39 Å². The Balaban J connectivity index is 2.21. The molecule has 1 atom stereocenters. The molecule has 0 spiro atoms. The summed E-state index contributed by atoms with van der Waals surface area (Å²) in [5, 5.41) is 3.53. The molecule has 0 bridgehead atoms. The molecule has 0 saturated heterocycles. The van der Waals surface area contributed by atoms with E-state index in [9.17, 15) is 4.39 Å². The summed E-state index contributed by atoms with van der Waals surface area (Å²) in [6.45, 7) is 3.06. The zero-order valence-electron chi connectivity index (χ0n) is 12.6. The van der Waals surface area contributed by atoms with Crippen molar-refractivity contribution in [1.82, 2.24) is 5.32 Å². The highest BCUT2D eigenvalue weighted by Crippen LogP contribution is 2.25. The van der Waals surface area contributed by atoms with E-state index >= 15 is 0 Å². The Kier molecular flexibility index (Phi) is 5.76. The third-order valence-electron chi connectivity index (χ3n) is 3.53. The molecule has 2 aromatic carbocycles. The molecule has 2 aromatic rings. The molecule has 1 N–H and O–H groups in total. The van der Waals surface area contributed by atoms with Crippen molar-refractivity contribution in [3.05, 3.63) is 65.5 Å². The first-order valence-corrected chi connectivity index (χ1v) is 7.35. The van der Waals surface area contributed by atoms with Gasteiger partial charge in [0.2, 0.25) is 0 Å². The summed E-state index contributed by atoms with van der Waals surface area (Å²) in [6, 6.07) is 14.9. The Bertz CT molecular complexity index is 553. The normalized spacial score (nSPS) is 12.1. The molecule has 0 amide bonds. The lowest BCUT2D eigenvalue weighted by Gasteiger charge is -2.20. The van der Waals surface area contributed by atoms with E-state index in [1.807, 2.05) is 30.3 Å². The summed E-state index contributed by atoms with van der Waals surface area (Å²) in [6.07, 6.45) is 1.87. The summed E-state index contributed by atoms with van der Waals surface area (Å²) < 4.78 is 18.5. The van der Waals surface area contributed by atoms with Gasteiger partial charge >= 0.3 is 0 Å². The molecule has 21 heavy (non-hydrogen) atoms. The minimum atomic E-state index is -0.203. The fourth-order valence-electron chi connectivity index (χ4n) is 2.41. The summed E-state index contributed by atoms with van der Waals surface area (Å²) in [5.41, 5.74) is 2.24. The predicted octanol–water partition coefficient (Wildman–Crippen LogP) is 4.12. The van der Waals surface area contributed by atoms with Crippen molar-refractivity contribution in [1.29, 1.82) is 0 Å². The van der Waals surface area contributed by atoms with E-state index in [4.69, 9.17) is 4.74 Å². The van der Waals surface area contributed by atoms with E-state index in [0.717, 1.165) is 36.3 Å². The van der Waals surface area contributed by atoms with Crippen LogP contribution in [0.25, 0.3) is 0 Å². The Hall–Kier alpha value is -1.87. The van der Waals surface area contributed by atoms with Crippen LogP contribution in [-0.2, 0) is 6.42 Å². The fraction of sp³-hybridized carbons (Fsp3) is 0.333. The van der Waals surface area contributed by atoms with Crippen LogP contribution in [0.3, 0.4) is 0 Å². The molecule has 0 fully saturated rings. The number of rotatable bonds is 7. The van der Waals surface area contributed by atoms with Crippen LogP contribution in [0, 0.1) is 5.82 Å². The Morgan fingerprint density at radius 2 is 1.81 bits per heavy atom. The van der Waals surface area contributed by atoms with Crippen molar-refractivity contribution in [3.63, 3.8) is 0 Å². The number of hydrogen-bond acceptors (Lipinski definition) is 2. The molecule has 0 aliphatic rings. The summed E-state index contributed by atoms with van der Waals surface area (Å²) in [5.74, 6) is 0.688. The second kappa shape index (κ2) is 7.79. The third kappa shape index (κ3) is 4.30. The van der Waals surface area contributed by atoms with Crippen LogP contribution in [0.1, 0.15) is 30.5 Å². The fourth-order valence-corrected chi connectivity index (χ4v) is 2.41. The Labute approximate surface area is 126 Å². The molecule has 2 rings (SSSR count). The number of halogens is 1. The maximum absolute atomic E-state index is 13.1. The van der Waals surface area contributed by atoms with Crippen LogP contribution < -0.4 is 10.1 Å². The van der Waals surface area contributed by atoms with Crippen LogP contribution in [0.2, 0.25) is 0 Å². The lowest BCUT2D eigenvalue weighted by molar-refractivity contribution is 0.405. The zero-order valence-corrected chi connectivity index (χ0v) is 12.6. The van der Waals surface area contributed by atoms with E-state index in [0.29, 0.717) is 0 Å². The van der Waals surface area contributed by atoms with Crippen molar-refractivity contribution in [2.45, 2.75) is 25.8 Å². The van der Waals surface area contributed by atoms with E-state index < -0.39 is 0 Å². The number of methoxy groups -OCH3 is 1. The van der Waals surface area contributed by atoms with Crippen molar-refractivity contribution >= 4 is 0 Å². The molecule has 0 saturated carbocycles. The highest BCUT2D eigenvalue weighted by atomic mass is 19.1. The van der Waals surface area contributed by atoms with Crippen LogP contribution in [-0.4, -0.2) is 13.7 Å². The molecule has 0 heterocycles. The van der Waals surface area contributed by atoms with Gasteiger partial charge < -0.3 is 10.1 Å². The summed E-state index contributed by atoms with van der Waals surface area (Å²) in [7, 11) is 1.69. The number of benzene rings is 2. The number of ether oxygens (including phenoxy) is 1. The first-order chi connectivity index (χ1) is 10.2. The Morgan fingerprint density at radius 3 is 2.48 bits per heavy atom. The number of nitrogens with one attached hydrogen (secondary N) is 1. The average Bonchev–Trinajstić information content (AvgIpc) is 2.52. The summed E-state index contributed by atoms with van der Waals surface area (Å²) >= 11 is 0. The van der Waals surface area contributed by atoms with Gasteiger partial charge in [-0.15, -0.1) is 0 Å². The highest BCUT2D eigenvalue weighted by molar-refractivity contribution is 5.35.